The molecule has 0 fully saturated rings. The average molecular weight is 204 g/mol. The molecule has 0 aliphatic heterocycles. The highest BCUT2D eigenvalue weighted by molar-refractivity contribution is 5.19. The molecule has 0 amide bonds. The van der Waals surface area contributed by atoms with Gasteiger partial charge in [0.05, 0.1) is 6.10 Å². The van der Waals surface area contributed by atoms with Crippen LogP contribution < -0.4 is 0 Å². The first-order valence-corrected chi connectivity index (χ1v) is 5.50. The van der Waals surface area contributed by atoms with Gasteiger partial charge in [-0.1, -0.05) is 50.3 Å². The van der Waals surface area contributed by atoms with Crippen LogP contribution in [0.2, 0.25) is 0 Å². The van der Waals surface area contributed by atoms with Gasteiger partial charge in [0.15, 0.2) is 0 Å². The molecule has 0 aliphatic rings. The van der Waals surface area contributed by atoms with E-state index in [1.807, 2.05) is 36.4 Å². The molecule has 0 aliphatic carbocycles. The molecule has 82 valence electrons. The van der Waals surface area contributed by atoms with Crippen LogP contribution in [0.25, 0.3) is 0 Å². The van der Waals surface area contributed by atoms with Gasteiger partial charge < -0.3 is 5.11 Å². The fourth-order valence-corrected chi connectivity index (χ4v) is 1.80. The standard InChI is InChI=1S/C14H20O/c1-4-12(10-11(2)3)14(15)13-8-6-5-7-9-13/h4-9,11-12,14-15H,1,10H2,2-3H3/t12-,14-/m0/s1. The summed E-state index contributed by atoms with van der Waals surface area (Å²) < 4.78 is 0. The van der Waals surface area contributed by atoms with Gasteiger partial charge in [0.1, 0.15) is 0 Å². The van der Waals surface area contributed by atoms with Gasteiger partial charge in [-0.25, -0.2) is 0 Å². The van der Waals surface area contributed by atoms with Crippen LogP contribution in [0.1, 0.15) is 31.9 Å². The Hall–Kier alpha value is -1.08. The fraction of sp³-hybridized carbons (Fsp3) is 0.429. The average Bonchev–Trinajstić information content (AvgIpc) is 2.26. The predicted molar refractivity (Wildman–Crippen MR) is 64.5 cm³/mol. The van der Waals surface area contributed by atoms with E-state index < -0.39 is 6.10 Å². The normalized spacial score (nSPS) is 14.9. The van der Waals surface area contributed by atoms with E-state index >= 15 is 0 Å². The third kappa shape index (κ3) is 3.52. The van der Waals surface area contributed by atoms with Gasteiger partial charge >= 0.3 is 0 Å². The number of rotatable bonds is 5. The highest BCUT2D eigenvalue weighted by atomic mass is 16.3. The lowest BCUT2D eigenvalue weighted by molar-refractivity contribution is 0.120. The fourth-order valence-electron chi connectivity index (χ4n) is 1.80. The molecule has 1 N–H and O–H groups in total. The van der Waals surface area contributed by atoms with E-state index in [0.717, 1.165) is 12.0 Å². The molecule has 1 aromatic rings. The lowest BCUT2D eigenvalue weighted by Gasteiger charge is -2.21. The minimum absolute atomic E-state index is 0.146. The van der Waals surface area contributed by atoms with Crippen LogP contribution in [-0.4, -0.2) is 5.11 Å². The quantitative estimate of drug-likeness (QED) is 0.727. The van der Waals surface area contributed by atoms with Crippen molar-refractivity contribution >= 4 is 0 Å². The van der Waals surface area contributed by atoms with E-state index in [-0.39, 0.29) is 5.92 Å². The SMILES string of the molecule is C=C[C@@H](CC(C)C)[C@H](O)c1ccccc1. The minimum atomic E-state index is -0.425. The predicted octanol–water partition coefficient (Wildman–Crippen LogP) is 3.57. The maximum atomic E-state index is 10.2. The first kappa shape index (κ1) is 12.0. The zero-order valence-corrected chi connectivity index (χ0v) is 9.56. The molecule has 0 spiro atoms. The summed E-state index contributed by atoms with van der Waals surface area (Å²) in [6, 6.07) is 9.78. The Kier molecular flexibility index (Phi) is 4.57. The maximum absolute atomic E-state index is 10.2. The minimum Gasteiger partial charge on any atom is -0.388 e. The highest BCUT2D eigenvalue weighted by Crippen LogP contribution is 2.27. The van der Waals surface area contributed by atoms with Gasteiger partial charge in [-0.15, -0.1) is 6.58 Å². The molecule has 0 unspecified atom stereocenters. The van der Waals surface area contributed by atoms with E-state index in [0.29, 0.717) is 5.92 Å². The van der Waals surface area contributed by atoms with Gasteiger partial charge in [0, 0.05) is 5.92 Å². The third-order valence-electron chi connectivity index (χ3n) is 2.59. The lowest BCUT2D eigenvalue weighted by Crippen LogP contribution is -2.12. The van der Waals surface area contributed by atoms with E-state index in [9.17, 15) is 5.11 Å². The third-order valence-corrected chi connectivity index (χ3v) is 2.59. The summed E-state index contributed by atoms with van der Waals surface area (Å²) >= 11 is 0. The van der Waals surface area contributed by atoms with Crippen molar-refractivity contribution in [1.82, 2.24) is 0 Å². The van der Waals surface area contributed by atoms with Crippen LogP contribution in [-0.2, 0) is 0 Å². The van der Waals surface area contributed by atoms with Crippen molar-refractivity contribution in [3.05, 3.63) is 48.6 Å². The summed E-state index contributed by atoms with van der Waals surface area (Å²) in [7, 11) is 0. The number of benzene rings is 1. The molecule has 1 aromatic carbocycles. The van der Waals surface area contributed by atoms with Crippen molar-refractivity contribution in [2.45, 2.75) is 26.4 Å². The second-order valence-electron chi connectivity index (χ2n) is 4.38. The molecule has 1 nitrogen and oxygen atoms in total. The van der Waals surface area contributed by atoms with Crippen molar-refractivity contribution in [2.75, 3.05) is 0 Å². The molecule has 0 saturated heterocycles. The summed E-state index contributed by atoms with van der Waals surface area (Å²) in [5.74, 6) is 0.721. The second-order valence-corrected chi connectivity index (χ2v) is 4.38. The molecule has 0 radical (unpaired) electrons. The largest absolute Gasteiger partial charge is 0.388 e. The van der Waals surface area contributed by atoms with Crippen molar-refractivity contribution in [3.8, 4) is 0 Å². The van der Waals surface area contributed by atoms with Crippen LogP contribution in [0.4, 0.5) is 0 Å². The summed E-state index contributed by atoms with van der Waals surface area (Å²) in [6.45, 7) is 8.12. The van der Waals surface area contributed by atoms with Gasteiger partial charge in [-0.3, -0.25) is 0 Å². The van der Waals surface area contributed by atoms with Crippen molar-refractivity contribution in [2.24, 2.45) is 11.8 Å². The van der Waals surface area contributed by atoms with Crippen LogP contribution in [0.3, 0.4) is 0 Å². The first-order chi connectivity index (χ1) is 7.15. The van der Waals surface area contributed by atoms with E-state index in [2.05, 4.69) is 20.4 Å². The molecule has 1 rings (SSSR count). The molecule has 15 heavy (non-hydrogen) atoms. The summed E-state index contributed by atoms with van der Waals surface area (Å²) in [5, 5.41) is 10.2. The monoisotopic (exact) mass is 204 g/mol. The molecular weight excluding hydrogens is 184 g/mol. The molecule has 0 bridgehead atoms. The number of hydrogen-bond acceptors (Lipinski definition) is 1. The summed E-state index contributed by atoms with van der Waals surface area (Å²) in [4.78, 5) is 0. The van der Waals surface area contributed by atoms with Crippen molar-refractivity contribution in [1.29, 1.82) is 0 Å². The van der Waals surface area contributed by atoms with Crippen molar-refractivity contribution in [3.63, 3.8) is 0 Å². The Morgan fingerprint density at radius 2 is 1.87 bits per heavy atom. The maximum Gasteiger partial charge on any atom is 0.0852 e. The molecule has 0 aromatic heterocycles. The Morgan fingerprint density at radius 3 is 2.33 bits per heavy atom. The van der Waals surface area contributed by atoms with Crippen LogP contribution in [0, 0.1) is 11.8 Å². The smallest absolute Gasteiger partial charge is 0.0852 e. The van der Waals surface area contributed by atoms with E-state index in [1.165, 1.54) is 0 Å². The Morgan fingerprint density at radius 1 is 1.27 bits per heavy atom. The number of hydrogen-bond donors (Lipinski definition) is 1. The van der Waals surface area contributed by atoms with Gasteiger partial charge in [-0.05, 0) is 17.9 Å². The molecule has 1 heteroatoms. The second kappa shape index (κ2) is 5.72. The van der Waals surface area contributed by atoms with Gasteiger partial charge in [0.25, 0.3) is 0 Å². The first-order valence-electron chi connectivity index (χ1n) is 5.50. The van der Waals surface area contributed by atoms with Crippen molar-refractivity contribution < 1.29 is 5.11 Å². The zero-order chi connectivity index (χ0) is 11.3. The van der Waals surface area contributed by atoms with E-state index in [1.54, 1.807) is 0 Å². The number of aliphatic hydroxyl groups is 1. The van der Waals surface area contributed by atoms with Gasteiger partial charge in [0.2, 0.25) is 0 Å². The topological polar surface area (TPSA) is 20.2 Å². The Labute approximate surface area is 92.5 Å². The Bertz CT molecular complexity index is 289. The van der Waals surface area contributed by atoms with Gasteiger partial charge in [-0.2, -0.15) is 0 Å². The molecule has 0 heterocycles. The molecular formula is C14H20O. The number of aliphatic hydroxyl groups excluding tert-OH is 1. The van der Waals surface area contributed by atoms with E-state index in [4.69, 9.17) is 0 Å². The molecule has 0 saturated carbocycles. The Balaban J connectivity index is 2.73. The summed E-state index contributed by atoms with van der Waals surface area (Å²) in [5.41, 5.74) is 0.975. The van der Waals surface area contributed by atoms with Crippen LogP contribution in [0.15, 0.2) is 43.0 Å². The zero-order valence-electron chi connectivity index (χ0n) is 9.56. The molecule has 2 atom stereocenters. The lowest BCUT2D eigenvalue weighted by atomic mass is 9.88. The summed E-state index contributed by atoms with van der Waals surface area (Å²) in [6.07, 6.45) is 2.41. The highest BCUT2D eigenvalue weighted by Gasteiger charge is 2.18. The van der Waals surface area contributed by atoms with Crippen LogP contribution >= 0.6 is 0 Å². The van der Waals surface area contributed by atoms with Crippen LogP contribution in [0.5, 0.6) is 0 Å².